The van der Waals surface area contributed by atoms with E-state index in [-0.39, 0.29) is 17.2 Å². The minimum atomic E-state index is -0.652. The van der Waals surface area contributed by atoms with Crippen LogP contribution in [0.25, 0.3) is 11.8 Å². The van der Waals surface area contributed by atoms with Crippen molar-refractivity contribution in [3.63, 3.8) is 0 Å². The number of carbonyl (C=O) groups excluding carboxylic acids is 3. The summed E-state index contributed by atoms with van der Waals surface area (Å²) in [7, 11) is 0. The van der Waals surface area contributed by atoms with Crippen molar-refractivity contribution in [1.82, 2.24) is 9.47 Å². The molecule has 3 rings (SSSR count). The molecule has 1 fully saturated rings. The SMILES string of the molecule is CCOC(=O)CN1C(=O)S/C(=C\c2cccn2-c2ccc([N+](=O)[O-])cc2)C1=O. The molecule has 1 aliphatic rings. The molecule has 0 saturated carbocycles. The van der Waals surface area contributed by atoms with Gasteiger partial charge in [-0.1, -0.05) is 0 Å². The molecule has 1 aromatic heterocycles. The fourth-order valence-corrected chi connectivity index (χ4v) is 3.41. The van der Waals surface area contributed by atoms with Crippen LogP contribution in [0, 0.1) is 10.1 Å². The number of benzene rings is 1. The average molecular weight is 401 g/mol. The highest BCUT2D eigenvalue weighted by Gasteiger charge is 2.36. The first kappa shape index (κ1) is 19.4. The lowest BCUT2D eigenvalue weighted by Gasteiger charge is -2.11. The summed E-state index contributed by atoms with van der Waals surface area (Å²) in [5.41, 5.74) is 1.24. The Morgan fingerprint density at radius 3 is 2.61 bits per heavy atom. The molecule has 0 bridgehead atoms. The van der Waals surface area contributed by atoms with Crippen molar-refractivity contribution in [1.29, 1.82) is 0 Å². The van der Waals surface area contributed by atoms with Gasteiger partial charge in [0, 0.05) is 29.7 Å². The summed E-state index contributed by atoms with van der Waals surface area (Å²) in [6.07, 6.45) is 3.27. The number of imide groups is 1. The summed E-state index contributed by atoms with van der Waals surface area (Å²) in [6, 6.07) is 9.42. The Morgan fingerprint density at radius 2 is 1.96 bits per heavy atom. The summed E-state index contributed by atoms with van der Waals surface area (Å²) in [5, 5.41) is 10.2. The van der Waals surface area contributed by atoms with E-state index in [0.717, 1.165) is 16.7 Å². The van der Waals surface area contributed by atoms with E-state index < -0.39 is 28.6 Å². The highest BCUT2D eigenvalue weighted by molar-refractivity contribution is 8.18. The molecule has 1 aliphatic heterocycles. The van der Waals surface area contributed by atoms with Crippen LogP contribution < -0.4 is 0 Å². The second-order valence-electron chi connectivity index (χ2n) is 5.65. The third-order valence-electron chi connectivity index (χ3n) is 3.86. The van der Waals surface area contributed by atoms with Crippen molar-refractivity contribution < 1.29 is 24.0 Å². The van der Waals surface area contributed by atoms with Crippen molar-refractivity contribution in [2.24, 2.45) is 0 Å². The third kappa shape index (κ3) is 3.96. The summed E-state index contributed by atoms with van der Waals surface area (Å²) in [6.45, 7) is 1.37. The lowest BCUT2D eigenvalue weighted by Crippen LogP contribution is -2.34. The fraction of sp³-hybridized carbons (Fsp3) is 0.167. The van der Waals surface area contributed by atoms with Crippen LogP contribution in [0.4, 0.5) is 10.5 Å². The number of amides is 2. The number of non-ortho nitro benzene ring substituents is 1. The maximum absolute atomic E-state index is 12.5. The van der Waals surface area contributed by atoms with Gasteiger partial charge < -0.3 is 9.30 Å². The number of hydrogen-bond donors (Lipinski definition) is 0. The van der Waals surface area contributed by atoms with Gasteiger partial charge in [-0.05, 0) is 49.0 Å². The minimum Gasteiger partial charge on any atom is -0.465 e. The summed E-state index contributed by atoms with van der Waals surface area (Å²) >= 11 is 0.738. The largest absolute Gasteiger partial charge is 0.465 e. The quantitative estimate of drug-likeness (QED) is 0.316. The Morgan fingerprint density at radius 1 is 1.25 bits per heavy atom. The molecule has 0 radical (unpaired) electrons. The highest BCUT2D eigenvalue weighted by Crippen LogP contribution is 2.32. The topological polar surface area (TPSA) is 112 Å². The molecule has 0 atom stereocenters. The van der Waals surface area contributed by atoms with E-state index in [1.54, 1.807) is 42.0 Å². The number of nitro groups is 1. The molecule has 1 saturated heterocycles. The molecule has 1 aromatic carbocycles. The van der Waals surface area contributed by atoms with E-state index in [4.69, 9.17) is 4.74 Å². The maximum atomic E-state index is 12.5. The Balaban J connectivity index is 1.84. The first-order valence-corrected chi connectivity index (χ1v) is 9.05. The van der Waals surface area contributed by atoms with Gasteiger partial charge in [-0.25, -0.2) is 0 Å². The van der Waals surface area contributed by atoms with Gasteiger partial charge in [0.1, 0.15) is 6.54 Å². The third-order valence-corrected chi connectivity index (χ3v) is 4.77. The smallest absolute Gasteiger partial charge is 0.326 e. The molecule has 2 aromatic rings. The number of aromatic nitrogens is 1. The Hall–Kier alpha value is -3.40. The molecule has 144 valence electrons. The number of nitro benzene ring substituents is 1. The van der Waals surface area contributed by atoms with Crippen LogP contribution in [0.1, 0.15) is 12.6 Å². The van der Waals surface area contributed by atoms with Gasteiger partial charge >= 0.3 is 5.97 Å². The van der Waals surface area contributed by atoms with E-state index in [0.29, 0.717) is 11.4 Å². The molecule has 2 heterocycles. The maximum Gasteiger partial charge on any atom is 0.326 e. The molecule has 10 heteroatoms. The van der Waals surface area contributed by atoms with Crippen molar-refractivity contribution in [3.8, 4) is 5.69 Å². The molecule has 0 spiro atoms. The van der Waals surface area contributed by atoms with Gasteiger partial charge in [0.15, 0.2) is 0 Å². The molecule has 2 amide bonds. The second kappa shape index (κ2) is 8.09. The molecule has 0 N–H and O–H groups in total. The van der Waals surface area contributed by atoms with Crippen LogP contribution in [0.3, 0.4) is 0 Å². The van der Waals surface area contributed by atoms with E-state index >= 15 is 0 Å². The molecule has 9 nitrogen and oxygen atoms in total. The van der Waals surface area contributed by atoms with E-state index in [2.05, 4.69) is 0 Å². The number of esters is 1. The minimum absolute atomic E-state index is 0.0301. The van der Waals surface area contributed by atoms with E-state index in [1.165, 1.54) is 18.2 Å². The first-order chi connectivity index (χ1) is 13.4. The van der Waals surface area contributed by atoms with Crippen molar-refractivity contribution in [2.45, 2.75) is 6.92 Å². The normalized spacial score (nSPS) is 15.3. The number of hydrogen-bond acceptors (Lipinski definition) is 7. The predicted octanol–water partition coefficient (Wildman–Crippen LogP) is 2.98. The lowest BCUT2D eigenvalue weighted by molar-refractivity contribution is -0.384. The van der Waals surface area contributed by atoms with Crippen molar-refractivity contribution in [3.05, 3.63) is 63.3 Å². The molecular formula is C18H15N3O6S. The Kier molecular flexibility index (Phi) is 5.59. The van der Waals surface area contributed by atoms with Gasteiger partial charge in [-0.15, -0.1) is 0 Å². The van der Waals surface area contributed by atoms with E-state index in [1.807, 2.05) is 0 Å². The fourth-order valence-electron chi connectivity index (χ4n) is 2.59. The molecule has 0 aliphatic carbocycles. The Labute approximate surface area is 163 Å². The van der Waals surface area contributed by atoms with Crippen LogP contribution in [-0.4, -0.2) is 44.7 Å². The van der Waals surface area contributed by atoms with E-state index in [9.17, 15) is 24.5 Å². The van der Waals surface area contributed by atoms with Gasteiger partial charge in [-0.3, -0.25) is 29.4 Å². The van der Waals surface area contributed by atoms with Crippen molar-refractivity contribution >= 4 is 40.6 Å². The zero-order chi connectivity index (χ0) is 20.3. The average Bonchev–Trinajstić information content (AvgIpc) is 3.22. The van der Waals surface area contributed by atoms with Crippen LogP contribution in [0.5, 0.6) is 0 Å². The van der Waals surface area contributed by atoms with Gasteiger partial charge in [-0.2, -0.15) is 0 Å². The van der Waals surface area contributed by atoms with Crippen LogP contribution >= 0.6 is 11.8 Å². The number of nitrogens with zero attached hydrogens (tertiary/aromatic N) is 3. The highest BCUT2D eigenvalue weighted by atomic mass is 32.2. The summed E-state index contributed by atoms with van der Waals surface area (Å²) in [5.74, 6) is -1.22. The number of rotatable bonds is 6. The second-order valence-corrected chi connectivity index (χ2v) is 6.64. The standard InChI is InChI=1S/C18H15N3O6S/c1-2-27-16(22)11-20-17(23)15(28-18(20)24)10-14-4-3-9-19(14)12-5-7-13(8-6-12)21(25)26/h3-10H,2,11H2,1H3/b15-10-. The Bertz CT molecular complexity index is 979. The van der Waals surface area contributed by atoms with Crippen LogP contribution in [0.15, 0.2) is 47.5 Å². The predicted molar refractivity (Wildman–Crippen MR) is 102 cm³/mol. The van der Waals surface area contributed by atoms with Crippen molar-refractivity contribution in [2.75, 3.05) is 13.2 Å². The summed E-state index contributed by atoms with van der Waals surface area (Å²) < 4.78 is 6.50. The molecule has 28 heavy (non-hydrogen) atoms. The lowest BCUT2D eigenvalue weighted by atomic mass is 10.2. The van der Waals surface area contributed by atoms with Crippen LogP contribution in [-0.2, 0) is 14.3 Å². The van der Waals surface area contributed by atoms with Gasteiger partial charge in [0.05, 0.1) is 16.4 Å². The zero-order valence-electron chi connectivity index (χ0n) is 14.7. The molecular weight excluding hydrogens is 386 g/mol. The molecule has 0 unspecified atom stereocenters. The van der Waals surface area contributed by atoms with Gasteiger partial charge in [0.2, 0.25) is 0 Å². The monoisotopic (exact) mass is 401 g/mol. The number of thioether (sulfide) groups is 1. The number of ether oxygens (including phenoxy) is 1. The van der Waals surface area contributed by atoms with Crippen LogP contribution in [0.2, 0.25) is 0 Å². The first-order valence-electron chi connectivity index (χ1n) is 8.24. The summed E-state index contributed by atoms with van der Waals surface area (Å²) in [4.78, 5) is 47.4. The number of carbonyl (C=O) groups is 3. The zero-order valence-corrected chi connectivity index (χ0v) is 15.5. The van der Waals surface area contributed by atoms with Gasteiger partial charge in [0.25, 0.3) is 16.8 Å².